The van der Waals surface area contributed by atoms with Gasteiger partial charge < -0.3 is 19.9 Å². The maximum atomic E-state index is 12.4. The van der Waals surface area contributed by atoms with Crippen molar-refractivity contribution in [2.45, 2.75) is 45.3 Å². The van der Waals surface area contributed by atoms with Gasteiger partial charge in [-0.15, -0.1) is 0 Å². The Labute approximate surface area is 195 Å². The first-order chi connectivity index (χ1) is 15.2. The molecule has 32 heavy (non-hydrogen) atoms. The lowest BCUT2D eigenvalue weighted by atomic mass is 9.86. The molecule has 0 radical (unpaired) electrons. The molecule has 0 amide bonds. The molecule has 6 nitrogen and oxygen atoms in total. The lowest BCUT2D eigenvalue weighted by Gasteiger charge is -2.41. The molecule has 1 saturated heterocycles. The lowest BCUT2D eigenvalue weighted by molar-refractivity contribution is -0.143. The fourth-order valence-corrected chi connectivity index (χ4v) is 4.95. The maximum absolute atomic E-state index is 12.4. The van der Waals surface area contributed by atoms with E-state index in [1.807, 2.05) is 30.0 Å². The van der Waals surface area contributed by atoms with Gasteiger partial charge in [-0.05, 0) is 75.3 Å². The van der Waals surface area contributed by atoms with Gasteiger partial charge in [-0.2, -0.15) is 0 Å². The summed E-state index contributed by atoms with van der Waals surface area (Å²) >= 11 is 5.65. The summed E-state index contributed by atoms with van der Waals surface area (Å²) in [5.74, 6) is -0.293. The van der Waals surface area contributed by atoms with Crippen LogP contribution in [0.4, 0.5) is 5.69 Å². The van der Waals surface area contributed by atoms with E-state index in [0.717, 1.165) is 11.3 Å². The Kier molecular flexibility index (Phi) is 5.95. The molecule has 1 N–H and O–H groups in total. The smallest absolute Gasteiger partial charge is 0.325 e. The second-order valence-electron chi connectivity index (χ2n) is 8.88. The van der Waals surface area contributed by atoms with Crippen LogP contribution in [0.1, 0.15) is 56.6 Å². The summed E-state index contributed by atoms with van der Waals surface area (Å²) in [6, 6.07) is 12.0. The number of anilines is 1. The number of allylic oxidation sites excluding steroid dienone is 1. The van der Waals surface area contributed by atoms with Crippen molar-refractivity contribution in [1.29, 1.82) is 0 Å². The van der Waals surface area contributed by atoms with Crippen molar-refractivity contribution in [2.24, 2.45) is 0 Å². The van der Waals surface area contributed by atoms with E-state index in [-0.39, 0.29) is 30.1 Å². The fourth-order valence-electron chi connectivity index (χ4n) is 4.65. The number of thiocarbonyl (C=S) groups is 1. The molecule has 2 unspecified atom stereocenters. The van der Waals surface area contributed by atoms with Crippen LogP contribution < -0.4 is 10.2 Å². The second kappa shape index (κ2) is 8.54. The molecule has 2 aliphatic rings. The molecule has 7 heteroatoms. The average Bonchev–Trinajstić information content (AvgIpc) is 3.08. The van der Waals surface area contributed by atoms with Gasteiger partial charge in [0.2, 0.25) is 0 Å². The van der Waals surface area contributed by atoms with Crippen LogP contribution in [0.2, 0.25) is 0 Å². The van der Waals surface area contributed by atoms with Gasteiger partial charge in [0.15, 0.2) is 5.11 Å². The summed E-state index contributed by atoms with van der Waals surface area (Å²) < 4.78 is 5.22. The summed E-state index contributed by atoms with van der Waals surface area (Å²) in [7, 11) is 2.12. The van der Waals surface area contributed by atoms with Crippen molar-refractivity contribution < 1.29 is 9.53 Å². The monoisotopic (exact) mass is 450 g/mol. The Morgan fingerprint density at radius 3 is 2.75 bits per heavy atom. The molecule has 0 aliphatic carbocycles. The molecule has 2 aliphatic heterocycles. The molecule has 168 valence electrons. The minimum Gasteiger partial charge on any atom is -0.465 e. The van der Waals surface area contributed by atoms with Gasteiger partial charge in [0.25, 0.3) is 0 Å². The zero-order chi connectivity index (χ0) is 23.0. The molecule has 0 saturated carbocycles. The van der Waals surface area contributed by atoms with E-state index in [2.05, 4.69) is 67.3 Å². The Bertz CT molecular complexity index is 1070. The topological polar surface area (TPSA) is 57.7 Å². The zero-order valence-electron chi connectivity index (χ0n) is 19.3. The quantitative estimate of drug-likeness (QED) is 0.540. The van der Waals surface area contributed by atoms with Gasteiger partial charge in [0, 0.05) is 24.5 Å². The Morgan fingerprint density at radius 2 is 2.06 bits per heavy atom. The molecule has 1 aromatic heterocycles. The number of nitrogens with one attached hydrogen (secondary N) is 1. The highest BCUT2D eigenvalue weighted by Crippen LogP contribution is 2.43. The third-order valence-electron chi connectivity index (χ3n) is 6.39. The molecular formula is C25H30N4O2S. The largest absolute Gasteiger partial charge is 0.465 e. The van der Waals surface area contributed by atoms with Crippen LogP contribution in [0, 0.1) is 0 Å². The summed E-state index contributed by atoms with van der Waals surface area (Å²) in [6.07, 6.45) is 4.07. The molecule has 1 fully saturated rings. The summed E-state index contributed by atoms with van der Waals surface area (Å²) in [4.78, 5) is 21.2. The summed E-state index contributed by atoms with van der Waals surface area (Å²) in [6.45, 7) is 8.82. The van der Waals surface area contributed by atoms with E-state index < -0.39 is 0 Å². The highest BCUT2D eigenvalue weighted by Gasteiger charge is 2.41. The van der Waals surface area contributed by atoms with Crippen molar-refractivity contribution in [2.75, 3.05) is 25.1 Å². The van der Waals surface area contributed by atoms with Crippen LogP contribution in [0.5, 0.6) is 0 Å². The number of rotatable bonds is 5. The van der Waals surface area contributed by atoms with Gasteiger partial charge in [-0.3, -0.25) is 9.78 Å². The number of fused-ring (bicyclic) bond motifs is 1. The van der Waals surface area contributed by atoms with Crippen molar-refractivity contribution in [3.05, 3.63) is 65.5 Å². The van der Waals surface area contributed by atoms with Gasteiger partial charge >= 0.3 is 5.97 Å². The van der Waals surface area contributed by atoms with E-state index in [1.54, 1.807) is 6.20 Å². The van der Waals surface area contributed by atoms with Crippen molar-refractivity contribution >= 4 is 34.6 Å². The predicted molar refractivity (Wildman–Crippen MR) is 131 cm³/mol. The van der Waals surface area contributed by atoms with E-state index >= 15 is 0 Å². The van der Waals surface area contributed by atoms with Gasteiger partial charge in [-0.25, -0.2) is 0 Å². The third-order valence-corrected chi connectivity index (χ3v) is 6.74. The van der Waals surface area contributed by atoms with Crippen molar-refractivity contribution in [3.8, 4) is 0 Å². The van der Waals surface area contributed by atoms with Crippen molar-refractivity contribution in [1.82, 2.24) is 15.2 Å². The maximum Gasteiger partial charge on any atom is 0.325 e. The Hall–Kier alpha value is -2.93. The minimum absolute atomic E-state index is 0.0540. The van der Waals surface area contributed by atoms with Gasteiger partial charge in [-0.1, -0.05) is 18.2 Å². The van der Waals surface area contributed by atoms with Crippen LogP contribution in [0.15, 0.2) is 48.7 Å². The highest BCUT2D eigenvalue weighted by molar-refractivity contribution is 7.80. The zero-order valence-corrected chi connectivity index (χ0v) is 20.1. The van der Waals surface area contributed by atoms with Gasteiger partial charge in [0.05, 0.1) is 29.9 Å². The summed E-state index contributed by atoms with van der Waals surface area (Å²) in [5.41, 5.74) is 5.54. The number of pyridine rings is 1. The third kappa shape index (κ3) is 3.97. The second-order valence-corrected chi connectivity index (χ2v) is 9.26. The SMILES string of the molecule is CCOC(=O)CN1C(=S)NC(c2ccccn2)C1c1ccc2c(c1)C(C)=CC(C)(C)N2C. The van der Waals surface area contributed by atoms with Crippen LogP contribution in [-0.4, -0.2) is 46.7 Å². The van der Waals surface area contributed by atoms with E-state index in [9.17, 15) is 4.79 Å². The first-order valence-corrected chi connectivity index (χ1v) is 11.3. The number of likely N-dealkylation sites (N-methyl/N-ethyl adjacent to an activating group) is 1. The Balaban J connectivity index is 1.78. The first kappa shape index (κ1) is 22.3. The number of carbonyl (C=O) groups is 1. The summed E-state index contributed by atoms with van der Waals surface area (Å²) in [5, 5.41) is 3.92. The highest BCUT2D eigenvalue weighted by atomic mass is 32.1. The molecule has 1 aromatic carbocycles. The number of benzene rings is 1. The number of esters is 1. The van der Waals surface area contributed by atoms with Crippen molar-refractivity contribution in [3.63, 3.8) is 0 Å². The fraction of sp³-hybridized carbons (Fsp3) is 0.400. The van der Waals surface area contributed by atoms with Gasteiger partial charge in [0.1, 0.15) is 6.54 Å². The van der Waals surface area contributed by atoms with Crippen LogP contribution in [0.3, 0.4) is 0 Å². The number of ether oxygens (including phenoxy) is 1. The van der Waals surface area contributed by atoms with Crippen LogP contribution >= 0.6 is 12.2 Å². The molecule has 2 aromatic rings. The molecule has 0 spiro atoms. The molecule has 2 atom stereocenters. The molecular weight excluding hydrogens is 420 g/mol. The molecule has 4 rings (SSSR count). The van der Waals surface area contributed by atoms with Crippen LogP contribution in [0.25, 0.3) is 5.57 Å². The van der Waals surface area contributed by atoms with Crippen LogP contribution in [-0.2, 0) is 9.53 Å². The standard InChI is InChI=1S/C25H30N4O2S/c1-6-31-21(30)15-29-23(22(27-24(29)32)19-9-7-8-12-26-19)17-10-11-20-18(13-17)16(2)14-25(3,4)28(20)5/h7-14,22-23H,6,15H2,1-5H3,(H,27,32). The number of nitrogens with zero attached hydrogens (tertiary/aromatic N) is 3. The number of aromatic nitrogens is 1. The minimum atomic E-state index is -0.293. The lowest BCUT2D eigenvalue weighted by Crippen LogP contribution is -2.42. The number of hydrogen-bond donors (Lipinski definition) is 1. The normalized spacial score (nSPS) is 21.7. The van der Waals surface area contributed by atoms with E-state index in [1.165, 1.54) is 16.8 Å². The molecule has 3 heterocycles. The van der Waals surface area contributed by atoms with E-state index in [0.29, 0.717) is 11.7 Å². The number of hydrogen-bond acceptors (Lipinski definition) is 5. The Morgan fingerprint density at radius 1 is 1.28 bits per heavy atom. The molecule has 0 bridgehead atoms. The average molecular weight is 451 g/mol. The number of carbonyl (C=O) groups excluding carboxylic acids is 1. The first-order valence-electron chi connectivity index (χ1n) is 10.9. The predicted octanol–water partition coefficient (Wildman–Crippen LogP) is 4.25. The van der Waals surface area contributed by atoms with E-state index in [4.69, 9.17) is 17.0 Å².